The van der Waals surface area contributed by atoms with Crippen LogP contribution in [0, 0.1) is 5.41 Å². The molecule has 6 N–H and O–H groups in total. The normalized spacial score (nSPS) is 13.1. The summed E-state index contributed by atoms with van der Waals surface area (Å²) in [4.78, 5) is 28.9. The molecule has 0 aromatic rings. The first-order valence-corrected chi connectivity index (χ1v) is 9.28. The number of thiol groups is 3. The zero-order valence-corrected chi connectivity index (χ0v) is 18.5. The van der Waals surface area contributed by atoms with E-state index in [1.807, 2.05) is 6.92 Å². The first-order valence-electron chi connectivity index (χ1n) is 7.73. The van der Waals surface area contributed by atoms with Crippen LogP contribution >= 0.6 is 37.9 Å². The van der Waals surface area contributed by atoms with E-state index in [0.29, 0.717) is 6.42 Å². The molecule has 0 bridgehead atoms. The molecule has 0 aliphatic carbocycles. The summed E-state index contributed by atoms with van der Waals surface area (Å²) >= 11 is 10.8. The van der Waals surface area contributed by atoms with Crippen LogP contribution in [0.2, 0.25) is 0 Å². The molecule has 0 aromatic carbocycles. The Morgan fingerprint density at radius 2 is 0.852 bits per heavy atom. The van der Waals surface area contributed by atoms with Gasteiger partial charge in [0.2, 0.25) is 0 Å². The van der Waals surface area contributed by atoms with Crippen LogP contribution in [-0.2, 0) is 14.4 Å². The Labute approximate surface area is 176 Å². The zero-order valence-electron chi connectivity index (χ0n) is 15.8. The maximum Gasteiger partial charge on any atom is 0.316 e. The molecule has 0 aliphatic heterocycles. The van der Waals surface area contributed by atoms with Crippen molar-refractivity contribution in [1.29, 1.82) is 0 Å². The Balaban J connectivity index is -0.000000133. The van der Waals surface area contributed by atoms with Gasteiger partial charge < -0.3 is 30.6 Å². The van der Waals surface area contributed by atoms with E-state index in [-0.39, 0.29) is 19.8 Å². The minimum Gasteiger partial charge on any atom is -0.480 e. The third-order valence-electron chi connectivity index (χ3n) is 2.83. The van der Waals surface area contributed by atoms with Crippen LogP contribution < -0.4 is 0 Å². The number of hydrogen-bond donors (Lipinski definition) is 9. The summed E-state index contributed by atoms with van der Waals surface area (Å²) in [6.45, 7) is 5.87. The highest BCUT2D eigenvalue weighted by Gasteiger charge is 2.24. The number of hydrogen-bond acceptors (Lipinski definition) is 9. The van der Waals surface area contributed by atoms with E-state index in [1.54, 1.807) is 0 Å². The summed E-state index contributed by atoms with van der Waals surface area (Å²) < 4.78 is 0. The summed E-state index contributed by atoms with van der Waals surface area (Å²) in [6, 6.07) is 0. The van der Waals surface area contributed by atoms with Crippen LogP contribution in [0.4, 0.5) is 0 Å². The average molecular weight is 453 g/mol. The molecule has 27 heavy (non-hydrogen) atoms. The molecular formula is C15H32O9S3. The summed E-state index contributed by atoms with van der Waals surface area (Å²) in [6.07, 6.45) is 0.594. The second-order valence-corrected chi connectivity index (χ2v) is 7.69. The largest absolute Gasteiger partial charge is 0.480 e. The topological polar surface area (TPSA) is 173 Å². The Hall–Kier alpha value is -0.660. The predicted octanol–water partition coefficient (Wildman–Crippen LogP) is 0.528. The number of rotatable bonds is 7. The number of carboxylic acids is 3. The molecule has 0 amide bonds. The smallest absolute Gasteiger partial charge is 0.316 e. The van der Waals surface area contributed by atoms with Crippen molar-refractivity contribution in [2.45, 2.75) is 49.9 Å². The van der Waals surface area contributed by atoms with Crippen molar-refractivity contribution < 1.29 is 45.0 Å². The molecule has 0 saturated heterocycles. The maximum absolute atomic E-state index is 9.62. The van der Waals surface area contributed by atoms with Crippen LogP contribution in [-0.4, -0.2) is 84.1 Å². The van der Waals surface area contributed by atoms with E-state index in [9.17, 15) is 14.4 Å². The fraction of sp³-hybridized carbons (Fsp3) is 0.800. The summed E-state index contributed by atoms with van der Waals surface area (Å²) in [7, 11) is 0. The third kappa shape index (κ3) is 25.3. The fourth-order valence-corrected chi connectivity index (χ4v) is 0.485. The average Bonchev–Trinajstić information content (AvgIpc) is 2.58. The van der Waals surface area contributed by atoms with E-state index in [0.717, 1.165) is 0 Å². The Morgan fingerprint density at radius 1 is 0.704 bits per heavy atom. The lowest BCUT2D eigenvalue weighted by Crippen LogP contribution is -2.32. The highest BCUT2D eigenvalue weighted by atomic mass is 32.1. The standard InChI is InChI=1S/C6H14O3.3C3H6O2S/c1-2-6(3-7,4-8)5-9;3*1-2(6)3(4)5/h7-9H,2-5H2,1H3;3*2,6H,1H3,(H,4,5)/t;3*2-/m.111/s1. The minimum atomic E-state index is -0.877. The van der Waals surface area contributed by atoms with Gasteiger partial charge in [-0.25, -0.2) is 0 Å². The Morgan fingerprint density at radius 3 is 0.852 bits per heavy atom. The van der Waals surface area contributed by atoms with Gasteiger partial charge in [0.25, 0.3) is 0 Å². The lowest BCUT2D eigenvalue weighted by atomic mass is 9.88. The fourth-order valence-electron chi connectivity index (χ4n) is 0.485. The number of carbonyl (C=O) groups is 3. The second kappa shape index (κ2) is 20.1. The first-order chi connectivity index (χ1) is 12.2. The van der Waals surface area contributed by atoms with Crippen molar-refractivity contribution >= 4 is 55.8 Å². The summed E-state index contributed by atoms with van der Waals surface area (Å²) in [5, 5.41) is 48.1. The van der Waals surface area contributed by atoms with Gasteiger partial charge in [-0.05, 0) is 27.2 Å². The monoisotopic (exact) mass is 452 g/mol. The molecular weight excluding hydrogens is 420 g/mol. The molecule has 164 valence electrons. The molecule has 3 atom stereocenters. The molecule has 9 nitrogen and oxygen atoms in total. The van der Waals surface area contributed by atoms with E-state index < -0.39 is 39.1 Å². The Kier molecular flexibility index (Phi) is 25.2. The Bertz CT molecular complexity index is 338. The van der Waals surface area contributed by atoms with Gasteiger partial charge in [0.1, 0.15) is 0 Å². The van der Waals surface area contributed by atoms with Crippen LogP contribution in [0.25, 0.3) is 0 Å². The molecule has 0 unspecified atom stereocenters. The van der Waals surface area contributed by atoms with Crippen LogP contribution in [0.15, 0.2) is 0 Å². The molecule has 12 heteroatoms. The van der Waals surface area contributed by atoms with Gasteiger partial charge in [-0.1, -0.05) is 6.92 Å². The summed E-state index contributed by atoms with van der Waals surface area (Å²) in [5.74, 6) is -2.63. The first kappa shape index (κ1) is 33.9. The van der Waals surface area contributed by atoms with Crippen molar-refractivity contribution in [3.63, 3.8) is 0 Å². The van der Waals surface area contributed by atoms with E-state index >= 15 is 0 Å². The highest BCUT2D eigenvalue weighted by Crippen LogP contribution is 2.18. The molecule has 0 aromatic heterocycles. The SMILES string of the molecule is CCC(CO)(CO)CO.C[C@@H](S)C(=O)O.C[C@@H](S)C(=O)O.C[C@@H](S)C(=O)O. The van der Waals surface area contributed by atoms with Crippen LogP contribution in [0.3, 0.4) is 0 Å². The number of aliphatic hydroxyl groups is 3. The van der Waals surface area contributed by atoms with Gasteiger partial charge in [0, 0.05) is 5.41 Å². The van der Waals surface area contributed by atoms with E-state index in [1.165, 1.54) is 20.8 Å². The zero-order chi connectivity index (χ0) is 22.8. The van der Waals surface area contributed by atoms with Gasteiger partial charge in [0.15, 0.2) is 0 Å². The molecule has 0 aliphatic rings. The molecule has 0 saturated carbocycles. The van der Waals surface area contributed by atoms with Crippen LogP contribution in [0.1, 0.15) is 34.1 Å². The van der Waals surface area contributed by atoms with Crippen molar-refractivity contribution in [3.8, 4) is 0 Å². The molecule has 0 heterocycles. The number of aliphatic hydroxyl groups excluding tert-OH is 3. The minimum absolute atomic E-state index is 0.156. The maximum atomic E-state index is 9.62. The number of carboxylic acid groups (broad SMARTS) is 3. The van der Waals surface area contributed by atoms with Gasteiger partial charge >= 0.3 is 17.9 Å². The van der Waals surface area contributed by atoms with Gasteiger partial charge in [-0.2, -0.15) is 37.9 Å². The molecule has 0 spiro atoms. The lowest BCUT2D eigenvalue weighted by molar-refractivity contribution is -0.137. The van der Waals surface area contributed by atoms with Gasteiger partial charge in [-0.3, -0.25) is 14.4 Å². The molecule has 0 fully saturated rings. The van der Waals surface area contributed by atoms with Crippen LogP contribution in [0.5, 0.6) is 0 Å². The van der Waals surface area contributed by atoms with Crippen molar-refractivity contribution in [2.75, 3.05) is 19.8 Å². The van der Waals surface area contributed by atoms with E-state index in [2.05, 4.69) is 37.9 Å². The lowest BCUT2D eigenvalue weighted by Gasteiger charge is -2.24. The van der Waals surface area contributed by atoms with Crippen molar-refractivity contribution in [1.82, 2.24) is 0 Å². The van der Waals surface area contributed by atoms with Crippen molar-refractivity contribution in [3.05, 3.63) is 0 Å². The second-order valence-electron chi connectivity index (χ2n) is 5.37. The summed E-state index contributed by atoms with van der Waals surface area (Å²) in [5.41, 5.74) is -0.667. The van der Waals surface area contributed by atoms with Crippen molar-refractivity contribution in [2.24, 2.45) is 5.41 Å². The third-order valence-corrected chi connectivity index (χ3v) is 3.49. The molecule has 0 rings (SSSR count). The van der Waals surface area contributed by atoms with Gasteiger partial charge in [0.05, 0.1) is 35.6 Å². The molecule has 0 radical (unpaired) electrons. The quantitative estimate of drug-likeness (QED) is 0.250. The highest BCUT2D eigenvalue weighted by molar-refractivity contribution is 7.82. The predicted molar refractivity (Wildman–Crippen MR) is 112 cm³/mol. The van der Waals surface area contributed by atoms with Gasteiger partial charge in [-0.15, -0.1) is 0 Å². The number of aliphatic carboxylic acids is 3. The van der Waals surface area contributed by atoms with E-state index in [4.69, 9.17) is 30.6 Å².